The number of ether oxygens (including phenoxy) is 1. The maximum absolute atomic E-state index is 5.72. The van der Waals surface area contributed by atoms with E-state index >= 15 is 0 Å². The number of benzene rings is 1. The number of nitrogens with zero attached hydrogens (tertiary/aromatic N) is 1. The molecule has 1 aliphatic rings. The Bertz CT molecular complexity index is 527. The zero-order valence-corrected chi connectivity index (χ0v) is 11.0. The monoisotopic (exact) mass is 260 g/mol. The van der Waals surface area contributed by atoms with Gasteiger partial charge in [0.25, 0.3) is 0 Å². The number of nitrogen functional groups attached to an aromatic ring is 1. The Morgan fingerprint density at radius 2 is 2.17 bits per heavy atom. The van der Waals surface area contributed by atoms with E-state index in [1.165, 1.54) is 29.8 Å². The van der Waals surface area contributed by atoms with Crippen LogP contribution in [0.15, 0.2) is 24.3 Å². The molecule has 1 heterocycles. The molecule has 1 aromatic heterocycles. The van der Waals surface area contributed by atoms with E-state index in [4.69, 9.17) is 10.5 Å². The molecule has 18 heavy (non-hydrogen) atoms. The van der Waals surface area contributed by atoms with E-state index in [-0.39, 0.29) is 0 Å². The lowest BCUT2D eigenvalue weighted by molar-refractivity contribution is 0.305. The van der Waals surface area contributed by atoms with E-state index in [2.05, 4.69) is 4.98 Å². The zero-order chi connectivity index (χ0) is 12.4. The summed E-state index contributed by atoms with van der Waals surface area (Å²) in [6.07, 6.45) is 4.88. The fourth-order valence-electron chi connectivity index (χ4n) is 2.22. The van der Waals surface area contributed by atoms with Gasteiger partial charge < -0.3 is 10.5 Å². The minimum atomic E-state index is 0.543. The highest BCUT2D eigenvalue weighted by molar-refractivity contribution is 7.11. The molecule has 3 nitrogen and oxygen atoms in total. The Morgan fingerprint density at radius 1 is 1.28 bits per heavy atom. The third kappa shape index (κ3) is 2.48. The molecule has 4 heteroatoms. The van der Waals surface area contributed by atoms with E-state index in [0.717, 1.165) is 22.9 Å². The second kappa shape index (κ2) is 4.98. The first-order chi connectivity index (χ1) is 8.81. The van der Waals surface area contributed by atoms with Gasteiger partial charge in [-0.25, -0.2) is 4.98 Å². The second-order valence-corrected chi connectivity index (χ2v) is 5.71. The molecule has 3 rings (SSSR count). The van der Waals surface area contributed by atoms with Crippen LogP contribution in [-0.2, 0) is 19.4 Å². The molecule has 1 aromatic carbocycles. The fraction of sp³-hybridized carbons (Fsp3) is 0.357. The average molecular weight is 260 g/mol. The van der Waals surface area contributed by atoms with Crippen LogP contribution in [0, 0.1) is 0 Å². The molecular formula is C14H16N2OS. The van der Waals surface area contributed by atoms with Crippen molar-refractivity contribution in [2.75, 3.05) is 5.73 Å². The quantitative estimate of drug-likeness (QED) is 0.862. The molecule has 0 aliphatic heterocycles. The smallest absolute Gasteiger partial charge is 0.140 e. The molecule has 2 aromatic rings. The van der Waals surface area contributed by atoms with Crippen molar-refractivity contribution in [2.24, 2.45) is 0 Å². The number of nitrogens with two attached hydrogens (primary N) is 1. The van der Waals surface area contributed by atoms with Crippen molar-refractivity contribution in [3.05, 3.63) is 39.8 Å². The van der Waals surface area contributed by atoms with E-state index in [9.17, 15) is 0 Å². The molecule has 0 fully saturated rings. The van der Waals surface area contributed by atoms with Crippen molar-refractivity contribution in [2.45, 2.75) is 32.3 Å². The first-order valence-electron chi connectivity index (χ1n) is 6.27. The van der Waals surface area contributed by atoms with Crippen LogP contribution in [0.1, 0.15) is 28.4 Å². The number of fused-ring (bicyclic) bond motifs is 1. The van der Waals surface area contributed by atoms with E-state index in [1.807, 2.05) is 24.3 Å². The largest absolute Gasteiger partial charge is 0.486 e. The number of aromatic nitrogens is 1. The molecule has 0 amide bonds. The number of hydrogen-bond donors (Lipinski definition) is 1. The number of thiazole rings is 1. The topological polar surface area (TPSA) is 48.1 Å². The Hall–Kier alpha value is -1.55. The molecule has 0 radical (unpaired) electrons. The normalized spacial score (nSPS) is 14.2. The van der Waals surface area contributed by atoms with Crippen molar-refractivity contribution >= 4 is 17.0 Å². The van der Waals surface area contributed by atoms with Crippen molar-refractivity contribution in [1.29, 1.82) is 0 Å². The third-order valence-electron chi connectivity index (χ3n) is 3.11. The maximum Gasteiger partial charge on any atom is 0.140 e. The lowest BCUT2D eigenvalue weighted by atomic mass is 10.0. The molecule has 0 saturated carbocycles. The highest BCUT2D eigenvalue weighted by Crippen LogP contribution is 2.27. The van der Waals surface area contributed by atoms with E-state index in [0.29, 0.717) is 6.61 Å². The molecule has 0 saturated heterocycles. The Kier molecular flexibility index (Phi) is 3.19. The minimum Gasteiger partial charge on any atom is -0.486 e. The van der Waals surface area contributed by atoms with Crippen LogP contribution in [0.4, 0.5) is 5.69 Å². The van der Waals surface area contributed by atoms with Gasteiger partial charge in [0, 0.05) is 16.6 Å². The number of anilines is 1. The van der Waals surface area contributed by atoms with E-state index in [1.54, 1.807) is 11.3 Å². The SMILES string of the molecule is Nc1cccc(OCc2nc3c(s2)CCCC3)c1. The summed E-state index contributed by atoms with van der Waals surface area (Å²) in [4.78, 5) is 6.10. The zero-order valence-electron chi connectivity index (χ0n) is 10.2. The highest BCUT2D eigenvalue weighted by Gasteiger charge is 2.15. The molecule has 0 spiro atoms. The molecule has 1 aliphatic carbocycles. The summed E-state index contributed by atoms with van der Waals surface area (Å²) in [5, 5.41) is 1.07. The van der Waals surface area contributed by atoms with Gasteiger partial charge >= 0.3 is 0 Å². The fourth-order valence-corrected chi connectivity index (χ4v) is 3.29. The Balaban J connectivity index is 1.68. The number of hydrogen-bond acceptors (Lipinski definition) is 4. The standard InChI is InChI=1S/C14H16N2OS/c15-10-4-3-5-11(8-10)17-9-14-16-12-6-1-2-7-13(12)18-14/h3-5,8H,1-2,6-7,9,15H2. The summed E-state index contributed by atoms with van der Waals surface area (Å²) in [5.74, 6) is 0.808. The van der Waals surface area contributed by atoms with Crippen LogP contribution < -0.4 is 10.5 Å². The molecule has 0 bridgehead atoms. The van der Waals surface area contributed by atoms with Crippen LogP contribution >= 0.6 is 11.3 Å². The second-order valence-electron chi connectivity index (χ2n) is 4.55. The predicted octanol–water partition coefficient (Wildman–Crippen LogP) is 3.18. The van der Waals surface area contributed by atoms with Gasteiger partial charge in [-0.2, -0.15) is 0 Å². The van der Waals surface area contributed by atoms with Gasteiger partial charge in [0.15, 0.2) is 0 Å². The molecule has 0 atom stereocenters. The van der Waals surface area contributed by atoms with Crippen LogP contribution in [0.3, 0.4) is 0 Å². The van der Waals surface area contributed by atoms with Gasteiger partial charge in [-0.05, 0) is 37.8 Å². The summed E-state index contributed by atoms with van der Waals surface area (Å²) in [6.45, 7) is 0.543. The van der Waals surface area contributed by atoms with Gasteiger partial charge in [0.1, 0.15) is 17.4 Å². The molecule has 0 unspecified atom stereocenters. The molecule has 2 N–H and O–H groups in total. The summed E-state index contributed by atoms with van der Waals surface area (Å²) in [7, 11) is 0. The Morgan fingerprint density at radius 3 is 3.00 bits per heavy atom. The summed E-state index contributed by atoms with van der Waals surface area (Å²) < 4.78 is 5.72. The summed E-state index contributed by atoms with van der Waals surface area (Å²) >= 11 is 1.79. The van der Waals surface area contributed by atoms with Crippen LogP contribution in [0.25, 0.3) is 0 Å². The highest BCUT2D eigenvalue weighted by atomic mass is 32.1. The summed E-state index contributed by atoms with van der Waals surface area (Å²) in [5.41, 5.74) is 7.73. The van der Waals surface area contributed by atoms with E-state index < -0.39 is 0 Å². The van der Waals surface area contributed by atoms with Crippen molar-refractivity contribution < 1.29 is 4.74 Å². The first-order valence-corrected chi connectivity index (χ1v) is 7.09. The lowest BCUT2D eigenvalue weighted by Gasteiger charge is -2.06. The minimum absolute atomic E-state index is 0.543. The average Bonchev–Trinajstić information content (AvgIpc) is 2.79. The Labute approximate surface area is 111 Å². The summed E-state index contributed by atoms with van der Waals surface area (Å²) in [6, 6.07) is 7.52. The van der Waals surface area contributed by atoms with Gasteiger partial charge in [-0.3, -0.25) is 0 Å². The molecular weight excluding hydrogens is 244 g/mol. The lowest BCUT2D eigenvalue weighted by Crippen LogP contribution is -1.99. The van der Waals surface area contributed by atoms with Gasteiger partial charge in [0.05, 0.1) is 5.69 Å². The maximum atomic E-state index is 5.72. The van der Waals surface area contributed by atoms with Crippen molar-refractivity contribution in [1.82, 2.24) is 4.98 Å². The molecule has 94 valence electrons. The number of rotatable bonds is 3. The van der Waals surface area contributed by atoms with Crippen molar-refractivity contribution in [3.8, 4) is 5.75 Å². The number of aryl methyl sites for hydroxylation is 2. The van der Waals surface area contributed by atoms with Crippen LogP contribution in [0.5, 0.6) is 5.75 Å². The third-order valence-corrected chi connectivity index (χ3v) is 4.24. The van der Waals surface area contributed by atoms with Crippen molar-refractivity contribution in [3.63, 3.8) is 0 Å². The predicted molar refractivity (Wildman–Crippen MR) is 73.9 cm³/mol. The van der Waals surface area contributed by atoms with Crippen LogP contribution in [0.2, 0.25) is 0 Å². The van der Waals surface area contributed by atoms with Gasteiger partial charge in [-0.15, -0.1) is 11.3 Å². The van der Waals surface area contributed by atoms with Gasteiger partial charge in [0.2, 0.25) is 0 Å². The van der Waals surface area contributed by atoms with Crippen LogP contribution in [-0.4, -0.2) is 4.98 Å². The first kappa shape index (κ1) is 11.5. The van der Waals surface area contributed by atoms with Gasteiger partial charge in [-0.1, -0.05) is 6.07 Å².